The van der Waals surface area contributed by atoms with E-state index in [2.05, 4.69) is 12.2 Å². The third kappa shape index (κ3) is 3.84. The Bertz CT molecular complexity index is 861. The molecule has 1 heterocycles. The van der Waals surface area contributed by atoms with Gasteiger partial charge in [-0.2, -0.15) is 0 Å². The number of carbonyl (C=O) groups is 3. The largest absolute Gasteiger partial charge is 0.465 e. The lowest BCUT2D eigenvalue weighted by molar-refractivity contribution is -0.129. The van der Waals surface area contributed by atoms with Crippen LogP contribution >= 0.6 is 0 Å². The Hall–Kier alpha value is -3.15. The monoisotopic (exact) mass is 366 g/mol. The summed E-state index contributed by atoms with van der Waals surface area (Å²) in [5.74, 6) is -1.96. The summed E-state index contributed by atoms with van der Waals surface area (Å²) in [7, 11) is 1.28. The molecule has 6 nitrogen and oxygen atoms in total. The van der Waals surface area contributed by atoms with E-state index in [0.29, 0.717) is 18.7 Å². The normalized spacial score (nSPS) is 16.3. The van der Waals surface area contributed by atoms with Crippen molar-refractivity contribution in [3.63, 3.8) is 0 Å². The molecule has 140 valence electrons. The maximum atomic E-state index is 12.7. The van der Waals surface area contributed by atoms with Gasteiger partial charge in [0.15, 0.2) is 0 Å². The number of hydrogen-bond acceptors (Lipinski definition) is 4. The minimum atomic E-state index is -0.776. The third-order valence-corrected chi connectivity index (χ3v) is 4.77. The zero-order valence-electron chi connectivity index (χ0n) is 15.4. The van der Waals surface area contributed by atoms with Crippen molar-refractivity contribution in [3.8, 4) is 0 Å². The van der Waals surface area contributed by atoms with E-state index in [9.17, 15) is 14.4 Å². The minimum absolute atomic E-state index is 0.229. The van der Waals surface area contributed by atoms with Gasteiger partial charge in [0.05, 0.1) is 18.4 Å². The van der Waals surface area contributed by atoms with Crippen molar-refractivity contribution in [2.24, 2.45) is 5.92 Å². The fourth-order valence-corrected chi connectivity index (χ4v) is 3.19. The highest BCUT2D eigenvalue weighted by Crippen LogP contribution is 2.27. The van der Waals surface area contributed by atoms with E-state index >= 15 is 0 Å². The van der Waals surface area contributed by atoms with E-state index in [0.717, 1.165) is 12.1 Å². The van der Waals surface area contributed by atoms with Crippen LogP contribution in [0.15, 0.2) is 48.5 Å². The van der Waals surface area contributed by atoms with Crippen molar-refractivity contribution in [2.75, 3.05) is 23.9 Å². The van der Waals surface area contributed by atoms with Gasteiger partial charge < -0.3 is 15.0 Å². The molecule has 27 heavy (non-hydrogen) atoms. The number of benzene rings is 2. The zero-order chi connectivity index (χ0) is 19.4. The Labute approximate surface area is 158 Å². The van der Waals surface area contributed by atoms with Crippen LogP contribution in [0.1, 0.15) is 29.3 Å². The first-order valence-electron chi connectivity index (χ1n) is 8.93. The highest BCUT2D eigenvalue weighted by atomic mass is 16.5. The number of rotatable bonds is 5. The highest BCUT2D eigenvalue weighted by molar-refractivity contribution is 6.14. The summed E-state index contributed by atoms with van der Waals surface area (Å²) in [4.78, 5) is 38.9. The van der Waals surface area contributed by atoms with E-state index in [4.69, 9.17) is 4.74 Å². The van der Waals surface area contributed by atoms with Crippen molar-refractivity contribution < 1.29 is 19.1 Å². The van der Waals surface area contributed by atoms with Crippen LogP contribution in [-0.4, -0.2) is 31.4 Å². The average Bonchev–Trinajstić information content (AvgIpc) is 3.09. The lowest BCUT2D eigenvalue weighted by Crippen LogP contribution is -2.33. The molecule has 2 amide bonds. The molecule has 1 N–H and O–H groups in total. The van der Waals surface area contributed by atoms with Crippen LogP contribution in [0, 0.1) is 5.92 Å². The molecule has 0 radical (unpaired) electrons. The van der Waals surface area contributed by atoms with Gasteiger partial charge in [-0.15, -0.1) is 0 Å². The van der Waals surface area contributed by atoms with Crippen molar-refractivity contribution in [2.45, 2.75) is 19.8 Å². The number of anilines is 2. The summed E-state index contributed by atoms with van der Waals surface area (Å²) in [5.41, 5.74) is 2.58. The quantitative estimate of drug-likeness (QED) is 0.652. The van der Waals surface area contributed by atoms with Gasteiger partial charge in [-0.05, 0) is 42.7 Å². The summed E-state index contributed by atoms with van der Waals surface area (Å²) < 4.78 is 4.73. The zero-order valence-corrected chi connectivity index (χ0v) is 15.4. The third-order valence-electron chi connectivity index (χ3n) is 4.77. The summed E-state index contributed by atoms with van der Waals surface area (Å²) in [6.45, 7) is 2.56. The molecule has 0 bridgehead atoms. The molecular formula is C21H22N2O4. The molecule has 1 aliphatic heterocycles. The first-order valence-corrected chi connectivity index (χ1v) is 8.93. The second-order valence-electron chi connectivity index (χ2n) is 6.38. The Balaban J connectivity index is 1.73. The predicted octanol–water partition coefficient (Wildman–Crippen LogP) is 3.03. The summed E-state index contributed by atoms with van der Waals surface area (Å²) in [5, 5.41) is 2.70. The van der Waals surface area contributed by atoms with Gasteiger partial charge in [0, 0.05) is 12.2 Å². The van der Waals surface area contributed by atoms with E-state index in [1.54, 1.807) is 29.2 Å². The van der Waals surface area contributed by atoms with Crippen LogP contribution in [0.3, 0.4) is 0 Å². The second kappa shape index (κ2) is 8.03. The Morgan fingerprint density at radius 2 is 1.85 bits per heavy atom. The average molecular weight is 366 g/mol. The van der Waals surface area contributed by atoms with E-state index in [-0.39, 0.29) is 11.5 Å². The van der Waals surface area contributed by atoms with E-state index in [1.807, 2.05) is 24.3 Å². The Kier molecular flexibility index (Phi) is 5.54. The molecule has 1 fully saturated rings. The molecule has 0 unspecified atom stereocenters. The smallest absolute Gasteiger partial charge is 0.339 e. The van der Waals surface area contributed by atoms with Gasteiger partial charge in [-0.1, -0.05) is 31.2 Å². The first-order chi connectivity index (χ1) is 13.0. The molecular weight excluding hydrogens is 344 g/mol. The van der Waals surface area contributed by atoms with Gasteiger partial charge in [0.2, 0.25) is 11.8 Å². The summed E-state index contributed by atoms with van der Waals surface area (Å²) in [6.07, 6.45) is 1.36. The molecule has 3 rings (SSSR count). The molecule has 0 aliphatic carbocycles. The molecule has 1 atom stereocenters. The molecule has 0 aromatic heterocycles. The van der Waals surface area contributed by atoms with Crippen LogP contribution in [0.5, 0.6) is 0 Å². The van der Waals surface area contributed by atoms with Gasteiger partial charge >= 0.3 is 5.97 Å². The van der Waals surface area contributed by atoms with Crippen LogP contribution < -0.4 is 10.2 Å². The van der Waals surface area contributed by atoms with Crippen molar-refractivity contribution in [1.82, 2.24) is 0 Å². The second-order valence-corrected chi connectivity index (χ2v) is 6.38. The maximum Gasteiger partial charge on any atom is 0.339 e. The standard InChI is InChI=1S/C21H22N2O4/c1-3-14-8-10-15(11-9-14)23-13-12-17(20(23)25)19(24)22-18-7-5-4-6-16(18)21(26)27-2/h4-11,17H,3,12-13H2,1-2H3,(H,22,24)/t17-/m1/s1. The molecule has 2 aromatic carbocycles. The first kappa shape index (κ1) is 18.6. The molecule has 0 saturated carbocycles. The molecule has 0 spiro atoms. The number of nitrogens with zero attached hydrogens (tertiary/aromatic N) is 1. The van der Waals surface area contributed by atoms with E-state index < -0.39 is 17.8 Å². The number of amides is 2. The lowest BCUT2D eigenvalue weighted by Gasteiger charge is -2.17. The van der Waals surface area contributed by atoms with Crippen molar-refractivity contribution in [1.29, 1.82) is 0 Å². The lowest BCUT2D eigenvalue weighted by atomic mass is 10.1. The van der Waals surface area contributed by atoms with Crippen LogP contribution in [0.4, 0.5) is 11.4 Å². The Morgan fingerprint density at radius 1 is 1.15 bits per heavy atom. The van der Waals surface area contributed by atoms with Crippen molar-refractivity contribution >= 4 is 29.2 Å². The van der Waals surface area contributed by atoms with Crippen LogP contribution in [0.2, 0.25) is 0 Å². The topological polar surface area (TPSA) is 75.7 Å². The number of methoxy groups -OCH3 is 1. The molecule has 1 saturated heterocycles. The summed E-state index contributed by atoms with van der Waals surface area (Å²) >= 11 is 0. The number of aryl methyl sites for hydroxylation is 1. The number of carbonyl (C=O) groups excluding carboxylic acids is 3. The molecule has 2 aromatic rings. The van der Waals surface area contributed by atoms with Gasteiger partial charge in [0.25, 0.3) is 0 Å². The fraction of sp³-hybridized carbons (Fsp3) is 0.286. The fourth-order valence-electron chi connectivity index (χ4n) is 3.19. The number of ether oxygens (including phenoxy) is 1. The molecule has 6 heteroatoms. The number of hydrogen-bond donors (Lipinski definition) is 1. The predicted molar refractivity (Wildman–Crippen MR) is 103 cm³/mol. The SMILES string of the molecule is CCc1ccc(N2CC[C@H](C(=O)Nc3ccccc3C(=O)OC)C2=O)cc1. The summed E-state index contributed by atoms with van der Waals surface area (Å²) in [6, 6.07) is 14.4. The maximum absolute atomic E-state index is 12.7. The number of para-hydroxylation sites is 1. The minimum Gasteiger partial charge on any atom is -0.465 e. The Morgan fingerprint density at radius 3 is 2.52 bits per heavy atom. The molecule has 1 aliphatic rings. The van der Waals surface area contributed by atoms with Crippen molar-refractivity contribution in [3.05, 3.63) is 59.7 Å². The number of esters is 1. The highest BCUT2D eigenvalue weighted by Gasteiger charge is 2.37. The van der Waals surface area contributed by atoms with Gasteiger partial charge in [-0.25, -0.2) is 4.79 Å². The van der Waals surface area contributed by atoms with Crippen LogP contribution in [-0.2, 0) is 20.7 Å². The van der Waals surface area contributed by atoms with Gasteiger partial charge in [0.1, 0.15) is 5.92 Å². The number of nitrogens with one attached hydrogen (secondary N) is 1. The van der Waals surface area contributed by atoms with Crippen LogP contribution in [0.25, 0.3) is 0 Å². The van der Waals surface area contributed by atoms with E-state index in [1.165, 1.54) is 12.7 Å². The van der Waals surface area contributed by atoms with Gasteiger partial charge in [-0.3, -0.25) is 9.59 Å².